The summed E-state index contributed by atoms with van der Waals surface area (Å²) in [6.07, 6.45) is 22.0. The summed E-state index contributed by atoms with van der Waals surface area (Å²) in [4.78, 5) is 0. The number of hydrogen-bond donors (Lipinski definition) is 0. The molecule has 0 N–H and O–H groups in total. The van der Waals surface area contributed by atoms with E-state index in [0.717, 1.165) is 6.61 Å². The Labute approximate surface area is 150 Å². The first kappa shape index (κ1) is 20.8. The van der Waals surface area contributed by atoms with Crippen molar-refractivity contribution >= 4 is 6.08 Å². The van der Waals surface area contributed by atoms with E-state index in [-0.39, 0.29) is 0 Å². The predicted molar refractivity (Wildman–Crippen MR) is 107 cm³/mol. The summed E-state index contributed by atoms with van der Waals surface area (Å²) in [5.74, 6) is 0. The molecule has 1 rings (SSSR count). The number of unbranched alkanes of at least 4 members (excludes halogenated alkanes) is 12. The van der Waals surface area contributed by atoms with Gasteiger partial charge in [0.05, 0.1) is 12.9 Å². The molecule has 0 spiro atoms. The molecule has 0 saturated heterocycles. The largest absolute Gasteiger partial charge is 0.501 e. The van der Waals surface area contributed by atoms with E-state index in [2.05, 4.69) is 19.1 Å². The second kappa shape index (κ2) is 16.6. The maximum absolute atomic E-state index is 5.56. The van der Waals surface area contributed by atoms with E-state index >= 15 is 0 Å². The van der Waals surface area contributed by atoms with Crippen LogP contribution in [-0.4, -0.2) is 6.61 Å². The van der Waals surface area contributed by atoms with Gasteiger partial charge in [-0.25, -0.2) is 0 Å². The van der Waals surface area contributed by atoms with Crippen LogP contribution in [0.5, 0.6) is 0 Å². The molecule has 1 nitrogen and oxygen atoms in total. The molecule has 0 aromatic heterocycles. The van der Waals surface area contributed by atoms with Crippen molar-refractivity contribution in [1.29, 1.82) is 0 Å². The van der Waals surface area contributed by atoms with E-state index in [1.165, 1.54) is 89.0 Å². The molecule has 0 bridgehead atoms. The van der Waals surface area contributed by atoms with Crippen molar-refractivity contribution in [3.05, 3.63) is 42.2 Å². The molecular formula is C23H38O. The Balaban J connectivity index is 1.75. The van der Waals surface area contributed by atoms with Gasteiger partial charge in [-0.1, -0.05) is 114 Å². The van der Waals surface area contributed by atoms with E-state index in [9.17, 15) is 0 Å². The second-order valence-corrected chi connectivity index (χ2v) is 6.83. The molecule has 0 radical (unpaired) electrons. The van der Waals surface area contributed by atoms with Crippen LogP contribution >= 0.6 is 0 Å². The minimum Gasteiger partial charge on any atom is -0.501 e. The third-order valence-corrected chi connectivity index (χ3v) is 4.52. The van der Waals surface area contributed by atoms with Gasteiger partial charge in [0.2, 0.25) is 0 Å². The Kier molecular flexibility index (Phi) is 14.4. The van der Waals surface area contributed by atoms with Crippen LogP contribution in [0.15, 0.2) is 36.6 Å². The van der Waals surface area contributed by atoms with Crippen LogP contribution in [0.2, 0.25) is 0 Å². The Hall–Kier alpha value is -1.24. The normalized spacial score (nSPS) is 11.2. The molecule has 0 heterocycles. The number of benzene rings is 1. The van der Waals surface area contributed by atoms with Gasteiger partial charge in [0.25, 0.3) is 0 Å². The lowest BCUT2D eigenvalue weighted by Gasteiger charge is -2.03. The highest BCUT2D eigenvalue weighted by molar-refractivity contribution is 5.47. The minimum absolute atomic E-state index is 0.848. The van der Waals surface area contributed by atoms with Crippen LogP contribution in [0, 0.1) is 0 Å². The molecule has 0 aliphatic carbocycles. The van der Waals surface area contributed by atoms with Gasteiger partial charge in [-0.3, -0.25) is 0 Å². The highest BCUT2D eigenvalue weighted by Gasteiger charge is 1.93. The summed E-state index contributed by atoms with van der Waals surface area (Å²) in [6, 6.07) is 10.3. The maximum atomic E-state index is 5.56. The van der Waals surface area contributed by atoms with Gasteiger partial charge in [0.15, 0.2) is 0 Å². The number of rotatable bonds is 16. The molecule has 0 aliphatic rings. The zero-order valence-corrected chi connectivity index (χ0v) is 15.8. The third kappa shape index (κ3) is 13.2. The molecule has 0 fully saturated rings. The van der Waals surface area contributed by atoms with Crippen molar-refractivity contribution < 1.29 is 4.74 Å². The van der Waals surface area contributed by atoms with Crippen molar-refractivity contribution in [1.82, 2.24) is 0 Å². The zero-order chi connectivity index (χ0) is 17.1. The number of hydrogen-bond acceptors (Lipinski definition) is 1. The van der Waals surface area contributed by atoms with Crippen LogP contribution in [0.1, 0.15) is 96.0 Å². The quantitative estimate of drug-likeness (QED) is 0.222. The van der Waals surface area contributed by atoms with E-state index < -0.39 is 0 Å². The van der Waals surface area contributed by atoms with Crippen molar-refractivity contribution in [3.8, 4) is 0 Å². The fourth-order valence-electron chi connectivity index (χ4n) is 2.96. The lowest BCUT2D eigenvalue weighted by Crippen LogP contribution is -1.88. The molecule has 0 atom stereocenters. The van der Waals surface area contributed by atoms with Crippen LogP contribution < -0.4 is 0 Å². The Bertz CT molecular complexity index is 382. The van der Waals surface area contributed by atoms with E-state index in [4.69, 9.17) is 4.74 Å². The van der Waals surface area contributed by atoms with Gasteiger partial charge >= 0.3 is 0 Å². The summed E-state index contributed by atoms with van der Waals surface area (Å²) in [7, 11) is 0. The first-order chi connectivity index (χ1) is 11.9. The standard InChI is InChI=1S/C23H38O/c1-2-3-4-5-6-7-8-9-10-11-12-13-17-21-24-22-20-23-18-15-14-16-19-23/h14-16,18-20,22H,2-13,17,21H2,1H3. The summed E-state index contributed by atoms with van der Waals surface area (Å²) in [5.41, 5.74) is 1.20. The van der Waals surface area contributed by atoms with Crippen molar-refractivity contribution in [2.24, 2.45) is 0 Å². The average molecular weight is 331 g/mol. The van der Waals surface area contributed by atoms with Crippen molar-refractivity contribution in [2.45, 2.75) is 90.4 Å². The molecule has 1 aromatic carbocycles. The topological polar surface area (TPSA) is 9.23 Å². The SMILES string of the molecule is CCCCCCCCCCCCCCCOC=Cc1ccccc1. The molecular weight excluding hydrogens is 292 g/mol. The van der Waals surface area contributed by atoms with Crippen LogP contribution in [0.25, 0.3) is 6.08 Å². The molecule has 1 aromatic rings. The number of ether oxygens (including phenoxy) is 1. The van der Waals surface area contributed by atoms with Gasteiger partial charge in [-0.15, -0.1) is 0 Å². The van der Waals surface area contributed by atoms with Gasteiger partial charge < -0.3 is 4.74 Å². The van der Waals surface area contributed by atoms with Crippen LogP contribution in [0.4, 0.5) is 0 Å². The highest BCUT2D eigenvalue weighted by atomic mass is 16.5. The smallest absolute Gasteiger partial charge is 0.0873 e. The molecule has 1 heteroatoms. The van der Waals surface area contributed by atoms with Crippen molar-refractivity contribution in [2.75, 3.05) is 6.61 Å². The van der Waals surface area contributed by atoms with E-state index in [1.54, 1.807) is 0 Å². The summed E-state index contributed by atoms with van der Waals surface area (Å²) >= 11 is 0. The summed E-state index contributed by atoms with van der Waals surface area (Å²) in [6.45, 7) is 3.13. The average Bonchev–Trinajstić information content (AvgIpc) is 2.62. The lowest BCUT2D eigenvalue weighted by atomic mass is 10.0. The van der Waals surface area contributed by atoms with Crippen LogP contribution in [0.3, 0.4) is 0 Å². The fraction of sp³-hybridized carbons (Fsp3) is 0.652. The maximum Gasteiger partial charge on any atom is 0.0873 e. The molecule has 0 saturated carbocycles. The zero-order valence-electron chi connectivity index (χ0n) is 15.8. The van der Waals surface area contributed by atoms with Crippen molar-refractivity contribution in [3.63, 3.8) is 0 Å². The first-order valence-electron chi connectivity index (χ1n) is 10.3. The molecule has 0 amide bonds. The molecule has 136 valence electrons. The second-order valence-electron chi connectivity index (χ2n) is 6.83. The minimum atomic E-state index is 0.848. The predicted octanol–water partition coefficient (Wildman–Crippen LogP) is 7.77. The Morgan fingerprint density at radius 3 is 1.71 bits per heavy atom. The monoisotopic (exact) mass is 330 g/mol. The van der Waals surface area contributed by atoms with E-state index in [0.29, 0.717) is 0 Å². The van der Waals surface area contributed by atoms with Gasteiger partial charge in [-0.05, 0) is 18.1 Å². The first-order valence-corrected chi connectivity index (χ1v) is 10.3. The van der Waals surface area contributed by atoms with Crippen LogP contribution in [-0.2, 0) is 4.74 Å². The Morgan fingerprint density at radius 2 is 1.17 bits per heavy atom. The van der Waals surface area contributed by atoms with E-state index in [1.807, 2.05) is 30.5 Å². The lowest BCUT2D eigenvalue weighted by molar-refractivity contribution is 0.243. The third-order valence-electron chi connectivity index (χ3n) is 4.52. The van der Waals surface area contributed by atoms with Gasteiger partial charge in [0.1, 0.15) is 0 Å². The summed E-state index contributed by atoms with van der Waals surface area (Å²) < 4.78 is 5.56. The molecule has 0 unspecified atom stereocenters. The molecule has 0 aliphatic heterocycles. The fourth-order valence-corrected chi connectivity index (χ4v) is 2.96. The Morgan fingerprint density at radius 1 is 0.667 bits per heavy atom. The summed E-state index contributed by atoms with van der Waals surface area (Å²) in [5, 5.41) is 0. The molecule has 24 heavy (non-hydrogen) atoms. The van der Waals surface area contributed by atoms with Gasteiger partial charge in [0, 0.05) is 0 Å². The highest BCUT2D eigenvalue weighted by Crippen LogP contribution is 2.12. The van der Waals surface area contributed by atoms with Gasteiger partial charge in [-0.2, -0.15) is 0 Å².